The highest BCUT2D eigenvalue weighted by molar-refractivity contribution is 5.44. The molecule has 1 N–H and O–H groups in total. The van der Waals surface area contributed by atoms with Crippen LogP contribution in [-0.4, -0.2) is 31.0 Å². The smallest absolute Gasteiger partial charge is 0.387 e. The molecule has 0 bridgehead atoms. The molecule has 4 nitrogen and oxygen atoms in total. The van der Waals surface area contributed by atoms with Crippen molar-refractivity contribution in [3.05, 3.63) is 23.8 Å². The lowest BCUT2D eigenvalue weighted by Gasteiger charge is -2.27. The van der Waals surface area contributed by atoms with Gasteiger partial charge >= 0.3 is 6.61 Å². The van der Waals surface area contributed by atoms with Gasteiger partial charge in [-0.25, -0.2) is 0 Å². The number of benzene rings is 1. The Morgan fingerprint density at radius 1 is 1.27 bits per heavy atom. The van der Waals surface area contributed by atoms with E-state index in [1.807, 2.05) is 20.8 Å². The molecule has 1 heterocycles. The summed E-state index contributed by atoms with van der Waals surface area (Å²) >= 11 is 0. The molecule has 0 saturated carbocycles. The number of hydrogen-bond donors (Lipinski definition) is 1. The largest absolute Gasteiger partial charge is 0.484 e. The second-order valence-electron chi connectivity index (χ2n) is 6.46. The van der Waals surface area contributed by atoms with Crippen LogP contribution in [0.5, 0.6) is 11.5 Å². The van der Waals surface area contributed by atoms with Gasteiger partial charge in [0.2, 0.25) is 0 Å². The minimum absolute atomic E-state index is 0.0354. The zero-order valence-electron chi connectivity index (χ0n) is 13.0. The van der Waals surface area contributed by atoms with E-state index in [0.29, 0.717) is 25.2 Å². The van der Waals surface area contributed by atoms with Crippen molar-refractivity contribution in [1.29, 1.82) is 0 Å². The zero-order valence-corrected chi connectivity index (χ0v) is 13.0. The van der Waals surface area contributed by atoms with Gasteiger partial charge < -0.3 is 19.3 Å². The van der Waals surface area contributed by atoms with Crippen LogP contribution in [-0.2, 0) is 4.74 Å². The lowest BCUT2D eigenvalue weighted by Crippen LogP contribution is -2.19. The fourth-order valence-electron chi connectivity index (χ4n) is 2.27. The van der Waals surface area contributed by atoms with Crippen molar-refractivity contribution in [2.75, 3.05) is 13.2 Å². The molecule has 2 rings (SSSR count). The summed E-state index contributed by atoms with van der Waals surface area (Å²) in [6, 6.07) is 4.54. The Labute approximate surface area is 129 Å². The van der Waals surface area contributed by atoms with Crippen LogP contribution >= 0.6 is 0 Å². The van der Waals surface area contributed by atoms with Gasteiger partial charge in [-0.15, -0.1) is 0 Å². The lowest BCUT2D eigenvalue weighted by molar-refractivity contribution is -0.0521. The minimum atomic E-state index is -2.93. The van der Waals surface area contributed by atoms with E-state index in [2.05, 4.69) is 4.74 Å². The van der Waals surface area contributed by atoms with Crippen LogP contribution in [0.2, 0.25) is 0 Å². The molecule has 6 heteroatoms. The summed E-state index contributed by atoms with van der Waals surface area (Å²) in [5.74, 6) is 0.170. The van der Waals surface area contributed by atoms with E-state index in [4.69, 9.17) is 9.47 Å². The highest BCUT2D eigenvalue weighted by Gasteiger charge is 2.26. The summed E-state index contributed by atoms with van der Waals surface area (Å²) in [7, 11) is 0. The highest BCUT2D eigenvalue weighted by Crippen LogP contribution is 2.38. The Morgan fingerprint density at radius 3 is 2.55 bits per heavy atom. The third-order valence-corrected chi connectivity index (χ3v) is 3.50. The van der Waals surface area contributed by atoms with E-state index in [9.17, 15) is 13.9 Å². The Bertz CT molecular complexity index is 493. The van der Waals surface area contributed by atoms with Crippen LogP contribution < -0.4 is 9.47 Å². The van der Waals surface area contributed by atoms with Crippen LogP contribution in [0.15, 0.2) is 18.2 Å². The van der Waals surface area contributed by atoms with Crippen molar-refractivity contribution in [3.8, 4) is 11.5 Å². The van der Waals surface area contributed by atoms with Gasteiger partial charge in [0.1, 0.15) is 6.10 Å². The van der Waals surface area contributed by atoms with Crippen LogP contribution in [0.4, 0.5) is 8.78 Å². The van der Waals surface area contributed by atoms with Gasteiger partial charge in [-0.1, -0.05) is 26.8 Å². The Morgan fingerprint density at radius 2 is 2.00 bits per heavy atom. The topological polar surface area (TPSA) is 47.9 Å². The molecule has 1 aromatic carbocycles. The summed E-state index contributed by atoms with van der Waals surface area (Å²) in [4.78, 5) is 0. The first kappa shape index (κ1) is 17.0. The van der Waals surface area contributed by atoms with Crippen molar-refractivity contribution < 1.29 is 28.1 Å². The number of aliphatic hydroxyl groups excluding tert-OH is 1. The molecule has 0 radical (unpaired) electrons. The van der Waals surface area contributed by atoms with Crippen LogP contribution in [0.25, 0.3) is 0 Å². The number of aliphatic hydroxyl groups is 1. The summed E-state index contributed by atoms with van der Waals surface area (Å²) < 4.78 is 40.5. The molecule has 1 aliphatic rings. The lowest BCUT2D eigenvalue weighted by atomic mass is 9.85. The van der Waals surface area contributed by atoms with E-state index in [1.54, 1.807) is 12.1 Å². The second-order valence-corrected chi connectivity index (χ2v) is 6.46. The average molecular weight is 316 g/mol. The van der Waals surface area contributed by atoms with Crippen LogP contribution in [0.1, 0.15) is 38.9 Å². The quantitative estimate of drug-likeness (QED) is 0.903. The summed E-state index contributed by atoms with van der Waals surface area (Å²) in [6.07, 6.45) is -0.238. The minimum Gasteiger partial charge on any atom is -0.484 e. The Hall–Kier alpha value is -1.40. The average Bonchev–Trinajstić information content (AvgIpc) is 2.91. The molecule has 2 unspecified atom stereocenters. The molecule has 0 amide bonds. The van der Waals surface area contributed by atoms with Crippen molar-refractivity contribution in [3.63, 3.8) is 0 Å². The maximum Gasteiger partial charge on any atom is 0.387 e. The summed E-state index contributed by atoms with van der Waals surface area (Å²) in [5, 5.41) is 10.3. The monoisotopic (exact) mass is 316 g/mol. The van der Waals surface area contributed by atoms with Crippen LogP contribution in [0.3, 0.4) is 0 Å². The van der Waals surface area contributed by atoms with Gasteiger partial charge in [-0.05, 0) is 23.1 Å². The van der Waals surface area contributed by atoms with Gasteiger partial charge in [-0.2, -0.15) is 8.78 Å². The van der Waals surface area contributed by atoms with Crippen molar-refractivity contribution in [2.24, 2.45) is 5.41 Å². The van der Waals surface area contributed by atoms with Gasteiger partial charge in [0.15, 0.2) is 11.5 Å². The predicted molar refractivity (Wildman–Crippen MR) is 77.3 cm³/mol. The molecular formula is C16H22F2O4. The predicted octanol–water partition coefficient (Wildman–Crippen LogP) is 3.54. The normalized spacial score (nSPS) is 20.2. The van der Waals surface area contributed by atoms with Gasteiger partial charge in [0.25, 0.3) is 0 Å². The standard InChI is InChI=1S/C16H22F2O4/c1-16(2,3)14(19)10-4-5-12(22-15(17)18)13(8-10)21-11-6-7-20-9-11/h4-5,8,11,14-15,19H,6-7,9H2,1-3H3. The number of ether oxygens (including phenoxy) is 3. The van der Waals surface area contributed by atoms with E-state index in [-0.39, 0.29) is 23.0 Å². The Kier molecular flexibility index (Phi) is 5.24. The second kappa shape index (κ2) is 6.79. The maximum atomic E-state index is 12.5. The first-order chi connectivity index (χ1) is 10.3. The molecule has 1 aliphatic heterocycles. The molecule has 0 aromatic heterocycles. The third kappa shape index (κ3) is 4.30. The molecular weight excluding hydrogens is 294 g/mol. The molecule has 0 spiro atoms. The van der Waals surface area contributed by atoms with E-state index < -0.39 is 12.7 Å². The number of hydrogen-bond acceptors (Lipinski definition) is 4. The third-order valence-electron chi connectivity index (χ3n) is 3.50. The van der Waals surface area contributed by atoms with Crippen molar-refractivity contribution in [2.45, 2.75) is 46.0 Å². The fourth-order valence-corrected chi connectivity index (χ4v) is 2.27. The van der Waals surface area contributed by atoms with E-state index in [1.165, 1.54) is 6.07 Å². The van der Waals surface area contributed by atoms with E-state index >= 15 is 0 Å². The molecule has 124 valence electrons. The van der Waals surface area contributed by atoms with Crippen LogP contribution in [0, 0.1) is 5.41 Å². The number of halogens is 2. The molecule has 1 fully saturated rings. The fraction of sp³-hybridized carbons (Fsp3) is 0.625. The van der Waals surface area contributed by atoms with Gasteiger partial charge in [-0.3, -0.25) is 0 Å². The molecule has 1 aromatic rings. The first-order valence-electron chi connectivity index (χ1n) is 7.28. The zero-order chi connectivity index (χ0) is 16.3. The van der Waals surface area contributed by atoms with Gasteiger partial charge in [0, 0.05) is 6.42 Å². The van der Waals surface area contributed by atoms with Crippen molar-refractivity contribution >= 4 is 0 Å². The molecule has 1 saturated heterocycles. The van der Waals surface area contributed by atoms with Gasteiger partial charge in [0.05, 0.1) is 19.3 Å². The van der Waals surface area contributed by atoms with E-state index in [0.717, 1.165) is 0 Å². The molecule has 22 heavy (non-hydrogen) atoms. The summed E-state index contributed by atoms with van der Waals surface area (Å²) in [6.45, 7) is 3.76. The highest BCUT2D eigenvalue weighted by atomic mass is 19.3. The SMILES string of the molecule is CC(C)(C)C(O)c1ccc(OC(F)F)c(OC2CCOC2)c1. The summed E-state index contributed by atoms with van der Waals surface area (Å²) in [5.41, 5.74) is 0.224. The number of alkyl halides is 2. The molecule has 0 aliphatic carbocycles. The maximum absolute atomic E-state index is 12.5. The first-order valence-corrected chi connectivity index (χ1v) is 7.28. The molecule has 2 atom stereocenters. The Balaban J connectivity index is 2.27. The number of rotatable bonds is 5. The van der Waals surface area contributed by atoms with Crippen molar-refractivity contribution in [1.82, 2.24) is 0 Å².